The van der Waals surface area contributed by atoms with Crippen LogP contribution in [0, 0.1) is 5.92 Å². The second kappa shape index (κ2) is 8.06. The molecule has 6 heteroatoms. The molecule has 2 rings (SSSR count). The maximum atomic E-state index is 12.1. The smallest absolute Gasteiger partial charge is 0.326 e. The van der Waals surface area contributed by atoms with Crippen LogP contribution < -0.4 is 5.32 Å². The van der Waals surface area contributed by atoms with Crippen molar-refractivity contribution in [3.8, 4) is 10.6 Å². The highest BCUT2D eigenvalue weighted by molar-refractivity contribution is 7.13. The van der Waals surface area contributed by atoms with E-state index in [9.17, 15) is 9.59 Å². The van der Waals surface area contributed by atoms with Crippen molar-refractivity contribution in [1.82, 2.24) is 10.3 Å². The van der Waals surface area contributed by atoms with E-state index in [2.05, 4.69) is 29.4 Å². The van der Waals surface area contributed by atoms with Crippen molar-refractivity contribution in [3.63, 3.8) is 0 Å². The van der Waals surface area contributed by atoms with Gasteiger partial charge in [0, 0.05) is 10.9 Å². The van der Waals surface area contributed by atoms with Gasteiger partial charge in [-0.15, -0.1) is 11.3 Å². The van der Waals surface area contributed by atoms with Crippen molar-refractivity contribution in [2.75, 3.05) is 0 Å². The van der Waals surface area contributed by atoms with Crippen molar-refractivity contribution >= 4 is 23.2 Å². The summed E-state index contributed by atoms with van der Waals surface area (Å²) in [5, 5.41) is 14.4. The number of hydrogen-bond donors (Lipinski definition) is 2. The number of aromatic nitrogens is 1. The predicted octanol–water partition coefficient (Wildman–Crippen LogP) is 3.14. The molecule has 0 aliphatic heterocycles. The number of nitrogens with one attached hydrogen (secondary N) is 1. The number of aliphatic carboxylic acids is 1. The third kappa shape index (κ3) is 4.64. The maximum absolute atomic E-state index is 12.1. The van der Waals surface area contributed by atoms with Crippen LogP contribution in [0.15, 0.2) is 29.6 Å². The third-order valence-corrected chi connectivity index (χ3v) is 4.69. The highest BCUT2D eigenvalue weighted by Gasteiger charge is 2.23. The van der Waals surface area contributed by atoms with Crippen LogP contribution in [0.5, 0.6) is 0 Å². The number of carboxylic acid groups (broad SMARTS) is 1. The first-order chi connectivity index (χ1) is 11.4. The average Bonchev–Trinajstić information content (AvgIpc) is 3.00. The molecule has 1 atom stereocenters. The molecule has 0 fully saturated rings. The highest BCUT2D eigenvalue weighted by atomic mass is 32.1. The Bertz CT molecular complexity index is 707. The van der Waals surface area contributed by atoms with Crippen LogP contribution in [0.2, 0.25) is 0 Å². The second-order valence-corrected chi connectivity index (χ2v) is 6.86. The molecule has 1 amide bonds. The standard InChI is InChI=1S/C18H22N2O3S/c1-4-12-5-7-13(8-6-12)17-19-14(10-24-17)9-15(21)20-16(11(2)3)18(22)23/h5-8,10-11,16H,4,9H2,1-3H3,(H,20,21)(H,22,23). The second-order valence-electron chi connectivity index (χ2n) is 6.00. The normalized spacial score (nSPS) is 12.2. The summed E-state index contributed by atoms with van der Waals surface area (Å²) >= 11 is 1.48. The Balaban J connectivity index is 2.02. The zero-order valence-electron chi connectivity index (χ0n) is 14.1. The molecule has 24 heavy (non-hydrogen) atoms. The molecule has 0 radical (unpaired) electrons. The van der Waals surface area contributed by atoms with Crippen molar-refractivity contribution < 1.29 is 14.7 Å². The summed E-state index contributed by atoms with van der Waals surface area (Å²) in [4.78, 5) is 27.7. The van der Waals surface area contributed by atoms with Gasteiger partial charge in [-0.05, 0) is 17.9 Å². The summed E-state index contributed by atoms with van der Waals surface area (Å²) in [5.74, 6) is -1.52. The number of rotatable bonds is 7. The van der Waals surface area contributed by atoms with Gasteiger partial charge in [0.2, 0.25) is 5.91 Å². The first-order valence-electron chi connectivity index (χ1n) is 7.96. The zero-order valence-corrected chi connectivity index (χ0v) is 14.9. The molecule has 1 heterocycles. The van der Waals surface area contributed by atoms with Crippen LogP contribution in [-0.2, 0) is 22.4 Å². The summed E-state index contributed by atoms with van der Waals surface area (Å²) < 4.78 is 0. The number of carbonyl (C=O) groups is 2. The summed E-state index contributed by atoms with van der Waals surface area (Å²) in [7, 11) is 0. The molecule has 1 aromatic carbocycles. The first kappa shape index (κ1) is 18.1. The summed E-state index contributed by atoms with van der Waals surface area (Å²) in [6, 6.07) is 7.32. The molecular formula is C18H22N2O3S. The van der Waals surface area contributed by atoms with E-state index < -0.39 is 12.0 Å². The number of carbonyl (C=O) groups excluding carboxylic acids is 1. The van der Waals surface area contributed by atoms with Gasteiger partial charge in [0.05, 0.1) is 12.1 Å². The van der Waals surface area contributed by atoms with Crippen LogP contribution >= 0.6 is 11.3 Å². The lowest BCUT2D eigenvalue weighted by Gasteiger charge is -2.17. The van der Waals surface area contributed by atoms with E-state index in [0.29, 0.717) is 5.69 Å². The van der Waals surface area contributed by atoms with E-state index in [4.69, 9.17) is 5.11 Å². The molecular weight excluding hydrogens is 324 g/mol. The summed E-state index contributed by atoms with van der Waals surface area (Å²) in [5.41, 5.74) is 2.94. The van der Waals surface area contributed by atoms with Gasteiger partial charge in [0.15, 0.2) is 0 Å². The number of amides is 1. The lowest BCUT2D eigenvalue weighted by atomic mass is 10.0. The van der Waals surface area contributed by atoms with E-state index >= 15 is 0 Å². The van der Waals surface area contributed by atoms with E-state index in [1.807, 2.05) is 17.5 Å². The van der Waals surface area contributed by atoms with Crippen LogP contribution in [0.3, 0.4) is 0 Å². The summed E-state index contributed by atoms with van der Waals surface area (Å²) in [6.45, 7) is 5.64. The minimum atomic E-state index is -1.02. The van der Waals surface area contributed by atoms with Crippen LogP contribution in [0.4, 0.5) is 0 Å². The topological polar surface area (TPSA) is 79.3 Å². The molecule has 0 aliphatic carbocycles. The Morgan fingerprint density at radius 1 is 1.25 bits per heavy atom. The number of thiazole rings is 1. The minimum absolute atomic E-state index is 0.0834. The number of hydrogen-bond acceptors (Lipinski definition) is 4. The Morgan fingerprint density at radius 2 is 1.92 bits per heavy atom. The predicted molar refractivity (Wildman–Crippen MR) is 95.0 cm³/mol. The molecule has 0 spiro atoms. The van der Waals surface area contributed by atoms with Gasteiger partial charge in [0.1, 0.15) is 11.0 Å². The molecule has 2 N–H and O–H groups in total. The molecule has 1 aromatic heterocycles. The van der Waals surface area contributed by atoms with Crippen LogP contribution in [0.1, 0.15) is 32.0 Å². The largest absolute Gasteiger partial charge is 0.480 e. The SMILES string of the molecule is CCc1ccc(-c2nc(CC(=O)NC(C(=O)O)C(C)C)cs2)cc1. The van der Waals surface area contributed by atoms with Crippen molar-refractivity contribution in [2.45, 2.75) is 39.7 Å². The molecule has 0 bridgehead atoms. The van der Waals surface area contributed by atoms with Gasteiger partial charge in [0.25, 0.3) is 0 Å². The quantitative estimate of drug-likeness (QED) is 0.807. The number of carboxylic acids is 1. The van der Waals surface area contributed by atoms with Gasteiger partial charge in [-0.3, -0.25) is 4.79 Å². The van der Waals surface area contributed by atoms with Gasteiger partial charge < -0.3 is 10.4 Å². The van der Waals surface area contributed by atoms with Gasteiger partial charge in [-0.25, -0.2) is 9.78 Å². The van der Waals surface area contributed by atoms with Crippen molar-refractivity contribution in [3.05, 3.63) is 40.9 Å². The molecule has 0 aliphatic rings. The average molecular weight is 346 g/mol. The number of nitrogens with zero attached hydrogens (tertiary/aromatic N) is 1. The lowest BCUT2D eigenvalue weighted by Crippen LogP contribution is -2.44. The molecule has 0 saturated heterocycles. The van der Waals surface area contributed by atoms with E-state index in [-0.39, 0.29) is 18.2 Å². The minimum Gasteiger partial charge on any atom is -0.480 e. The fraction of sp³-hybridized carbons (Fsp3) is 0.389. The summed E-state index contributed by atoms with van der Waals surface area (Å²) in [6.07, 6.45) is 1.07. The number of benzene rings is 1. The number of aryl methyl sites for hydroxylation is 1. The maximum Gasteiger partial charge on any atom is 0.326 e. The first-order valence-corrected chi connectivity index (χ1v) is 8.84. The fourth-order valence-corrected chi connectivity index (χ4v) is 3.13. The zero-order chi connectivity index (χ0) is 17.7. The van der Waals surface area contributed by atoms with Crippen LogP contribution in [0.25, 0.3) is 10.6 Å². The Kier molecular flexibility index (Phi) is 6.09. The highest BCUT2D eigenvalue weighted by Crippen LogP contribution is 2.24. The molecule has 2 aromatic rings. The molecule has 1 unspecified atom stereocenters. The Labute approximate surface area is 145 Å². The monoisotopic (exact) mass is 346 g/mol. The van der Waals surface area contributed by atoms with Gasteiger partial charge in [-0.1, -0.05) is 45.0 Å². The van der Waals surface area contributed by atoms with Crippen LogP contribution in [-0.4, -0.2) is 28.0 Å². The van der Waals surface area contributed by atoms with Crippen molar-refractivity contribution in [2.24, 2.45) is 5.92 Å². The molecule has 5 nitrogen and oxygen atoms in total. The van der Waals surface area contributed by atoms with E-state index in [1.54, 1.807) is 13.8 Å². The van der Waals surface area contributed by atoms with E-state index in [1.165, 1.54) is 16.9 Å². The Hall–Kier alpha value is -2.21. The third-order valence-electron chi connectivity index (χ3n) is 3.75. The van der Waals surface area contributed by atoms with Crippen molar-refractivity contribution in [1.29, 1.82) is 0 Å². The lowest BCUT2D eigenvalue weighted by molar-refractivity contribution is -0.143. The van der Waals surface area contributed by atoms with Gasteiger partial charge in [-0.2, -0.15) is 0 Å². The van der Waals surface area contributed by atoms with Gasteiger partial charge >= 0.3 is 5.97 Å². The van der Waals surface area contributed by atoms with E-state index in [0.717, 1.165) is 17.0 Å². The molecule has 128 valence electrons. The molecule has 0 saturated carbocycles. The Morgan fingerprint density at radius 3 is 2.46 bits per heavy atom. The fourth-order valence-electron chi connectivity index (χ4n) is 2.31.